The standard InChI is InChI=1S/C20H28Cl3N3O3S/c1-2-3-4-5-6-7-8-12-16(27)25-18(20(21,22)23)26-19(30)24-15-11-9-10-14(13-15)17(28)29/h9-11,13,18H,2-8,12H2,1H3,(H,25,27)(H,28,29)(H2,24,26,30). The molecule has 0 aromatic heterocycles. The topological polar surface area (TPSA) is 90.5 Å². The van der Waals surface area contributed by atoms with Gasteiger partial charge in [0.15, 0.2) is 5.11 Å². The third kappa shape index (κ3) is 11.2. The molecule has 1 aromatic rings. The maximum Gasteiger partial charge on any atom is 0.335 e. The molecule has 1 aromatic carbocycles. The summed E-state index contributed by atoms with van der Waals surface area (Å²) in [5.74, 6) is -1.31. The summed E-state index contributed by atoms with van der Waals surface area (Å²) < 4.78 is -1.84. The van der Waals surface area contributed by atoms with Crippen molar-refractivity contribution in [2.75, 3.05) is 5.32 Å². The lowest BCUT2D eigenvalue weighted by molar-refractivity contribution is -0.122. The molecular weight excluding hydrogens is 469 g/mol. The van der Waals surface area contributed by atoms with Crippen LogP contribution in [0.25, 0.3) is 0 Å². The Hall–Kier alpha value is -1.28. The van der Waals surface area contributed by atoms with Crippen molar-refractivity contribution in [2.45, 2.75) is 68.2 Å². The Bertz CT molecular complexity index is 714. The van der Waals surface area contributed by atoms with Crippen molar-refractivity contribution >= 4 is 69.7 Å². The Labute approximate surface area is 198 Å². The first-order valence-corrected chi connectivity index (χ1v) is 11.4. The molecule has 0 aliphatic heterocycles. The maximum absolute atomic E-state index is 12.2. The van der Waals surface area contributed by atoms with E-state index in [1.54, 1.807) is 12.1 Å². The number of carboxylic acid groups (broad SMARTS) is 1. The molecule has 6 nitrogen and oxygen atoms in total. The monoisotopic (exact) mass is 495 g/mol. The van der Waals surface area contributed by atoms with E-state index in [0.29, 0.717) is 12.1 Å². The van der Waals surface area contributed by atoms with E-state index in [1.807, 2.05) is 0 Å². The van der Waals surface area contributed by atoms with Crippen LogP contribution in [0.5, 0.6) is 0 Å². The lowest BCUT2D eigenvalue weighted by Crippen LogP contribution is -2.56. The molecule has 168 valence electrons. The fraction of sp³-hybridized carbons (Fsp3) is 0.550. The highest BCUT2D eigenvalue weighted by molar-refractivity contribution is 7.80. The average molecular weight is 497 g/mol. The number of carbonyl (C=O) groups excluding carboxylic acids is 1. The van der Waals surface area contributed by atoms with Crippen LogP contribution in [0.4, 0.5) is 5.69 Å². The summed E-state index contributed by atoms with van der Waals surface area (Å²) in [6.45, 7) is 2.17. The van der Waals surface area contributed by atoms with E-state index in [2.05, 4.69) is 22.9 Å². The number of rotatable bonds is 12. The largest absolute Gasteiger partial charge is 0.478 e. The van der Waals surface area contributed by atoms with E-state index in [0.717, 1.165) is 19.3 Å². The summed E-state index contributed by atoms with van der Waals surface area (Å²) in [7, 11) is 0. The number of aromatic carboxylic acids is 1. The van der Waals surface area contributed by atoms with E-state index in [4.69, 9.17) is 52.1 Å². The Kier molecular flexibility index (Phi) is 12.4. The zero-order chi connectivity index (χ0) is 22.6. The average Bonchev–Trinajstić information content (AvgIpc) is 2.66. The highest BCUT2D eigenvalue weighted by Crippen LogP contribution is 2.29. The van der Waals surface area contributed by atoms with Gasteiger partial charge in [0.05, 0.1) is 5.56 Å². The fourth-order valence-corrected chi connectivity index (χ4v) is 3.27. The van der Waals surface area contributed by atoms with Crippen LogP contribution >= 0.6 is 47.0 Å². The quantitative estimate of drug-likeness (QED) is 0.130. The van der Waals surface area contributed by atoms with Gasteiger partial charge in [-0.2, -0.15) is 0 Å². The molecule has 0 spiro atoms. The van der Waals surface area contributed by atoms with Gasteiger partial charge in [-0.3, -0.25) is 4.79 Å². The normalized spacial score (nSPS) is 12.1. The van der Waals surface area contributed by atoms with Gasteiger partial charge in [0.25, 0.3) is 0 Å². The van der Waals surface area contributed by atoms with Gasteiger partial charge in [-0.05, 0) is 36.8 Å². The second-order valence-corrected chi connectivity index (χ2v) is 9.68. The SMILES string of the molecule is CCCCCCCCCC(=O)NC(NC(=S)Nc1cccc(C(=O)O)c1)C(Cl)(Cl)Cl. The van der Waals surface area contributed by atoms with E-state index >= 15 is 0 Å². The van der Waals surface area contributed by atoms with Crippen LogP contribution in [0.3, 0.4) is 0 Å². The van der Waals surface area contributed by atoms with Crippen molar-refractivity contribution in [1.82, 2.24) is 10.6 Å². The van der Waals surface area contributed by atoms with Gasteiger partial charge in [0, 0.05) is 12.1 Å². The van der Waals surface area contributed by atoms with Crippen molar-refractivity contribution in [3.63, 3.8) is 0 Å². The number of alkyl halides is 3. The molecule has 0 saturated heterocycles. The van der Waals surface area contributed by atoms with Crippen molar-refractivity contribution < 1.29 is 14.7 Å². The van der Waals surface area contributed by atoms with Gasteiger partial charge >= 0.3 is 5.97 Å². The molecule has 1 rings (SSSR count). The Morgan fingerprint density at radius 1 is 1.07 bits per heavy atom. The van der Waals surface area contributed by atoms with Gasteiger partial charge < -0.3 is 21.1 Å². The molecule has 30 heavy (non-hydrogen) atoms. The van der Waals surface area contributed by atoms with Crippen molar-refractivity contribution in [3.8, 4) is 0 Å². The van der Waals surface area contributed by atoms with Crippen LogP contribution in [-0.2, 0) is 4.79 Å². The number of amides is 1. The molecule has 0 fully saturated rings. The number of benzene rings is 1. The molecule has 4 N–H and O–H groups in total. The summed E-state index contributed by atoms with van der Waals surface area (Å²) in [5, 5.41) is 17.4. The Balaban J connectivity index is 2.51. The van der Waals surface area contributed by atoms with Crippen LogP contribution in [-0.4, -0.2) is 32.1 Å². The number of halogens is 3. The summed E-state index contributed by atoms with van der Waals surface area (Å²) in [6, 6.07) is 6.09. The molecular formula is C20H28Cl3N3O3S. The lowest BCUT2D eigenvalue weighted by Gasteiger charge is -2.27. The molecule has 10 heteroatoms. The minimum absolute atomic E-state index is 0.0742. The summed E-state index contributed by atoms with van der Waals surface area (Å²) >= 11 is 23.1. The zero-order valence-corrected chi connectivity index (χ0v) is 19.9. The van der Waals surface area contributed by atoms with Crippen LogP contribution in [0.2, 0.25) is 0 Å². The first-order valence-electron chi connectivity index (χ1n) is 9.90. The van der Waals surface area contributed by atoms with Crippen molar-refractivity contribution in [2.24, 2.45) is 0 Å². The van der Waals surface area contributed by atoms with Gasteiger partial charge in [-0.1, -0.05) is 86.3 Å². The number of hydrogen-bond donors (Lipinski definition) is 4. The van der Waals surface area contributed by atoms with E-state index in [-0.39, 0.29) is 16.6 Å². The van der Waals surface area contributed by atoms with Gasteiger partial charge in [0.2, 0.25) is 9.70 Å². The molecule has 0 bridgehead atoms. The molecule has 0 heterocycles. The van der Waals surface area contributed by atoms with Crippen LogP contribution in [0.1, 0.15) is 68.6 Å². The third-order valence-corrected chi connectivity index (χ3v) is 5.16. The maximum atomic E-state index is 12.2. The first-order chi connectivity index (χ1) is 14.1. The number of anilines is 1. The minimum Gasteiger partial charge on any atom is -0.478 e. The molecule has 0 saturated carbocycles. The lowest BCUT2D eigenvalue weighted by atomic mass is 10.1. The molecule has 0 radical (unpaired) electrons. The minimum atomic E-state index is -1.84. The second kappa shape index (κ2) is 13.9. The Morgan fingerprint density at radius 2 is 1.70 bits per heavy atom. The van der Waals surface area contributed by atoms with Gasteiger partial charge in [0.1, 0.15) is 6.17 Å². The number of unbranched alkanes of at least 4 members (excludes halogenated alkanes) is 6. The summed E-state index contributed by atoms with van der Waals surface area (Å²) in [5.41, 5.74) is 0.550. The fourth-order valence-electron chi connectivity index (χ4n) is 2.70. The van der Waals surface area contributed by atoms with Gasteiger partial charge in [-0.25, -0.2) is 4.79 Å². The number of nitrogens with one attached hydrogen (secondary N) is 3. The second-order valence-electron chi connectivity index (χ2n) is 6.90. The van der Waals surface area contributed by atoms with E-state index in [1.165, 1.54) is 37.8 Å². The van der Waals surface area contributed by atoms with E-state index < -0.39 is 15.9 Å². The first kappa shape index (κ1) is 26.8. The molecule has 0 aliphatic rings. The highest BCUT2D eigenvalue weighted by atomic mass is 35.6. The molecule has 0 aliphatic carbocycles. The smallest absolute Gasteiger partial charge is 0.335 e. The summed E-state index contributed by atoms with van der Waals surface area (Å²) in [6.07, 6.45) is 6.95. The number of thiocarbonyl (C=S) groups is 1. The number of carbonyl (C=O) groups is 2. The predicted octanol–water partition coefficient (Wildman–Crippen LogP) is 5.62. The highest BCUT2D eigenvalue weighted by Gasteiger charge is 2.34. The van der Waals surface area contributed by atoms with Crippen LogP contribution in [0.15, 0.2) is 24.3 Å². The van der Waals surface area contributed by atoms with Crippen molar-refractivity contribution in [1.29, 1.82) is 0 Å². The van der Waals surface area contributed by atoms with Crippen molar-refractivity contribution in [3.05, 3.63) is 29.8 Å². The van der Waals surface area contributed by atoms with Gasteiger partial charge in [-0.15, -0.1) is 0 Å². The van der Waals surface area contributed by atoms with Crippen LogP contribution < -0.4 is 16.0 Å². The third-order valence-electron chi connectivity index (χ3n) is 4.28. The van der Waals surface area contributed by atoms with E-state index in [9.17, 15) is 9.59 Å². The molecule has 1 amide bonds. The Morgan fingerprint density at radius 3 is 2.30 bits per heavy atom. The van der Waals surface area contributed by atoms with Crippen LogP contribution in [0, 0.1) is 0 Å². The molecule has 1 atom stereocenters. The molecule has 1 unspecified atom stereocenters. The number of carboxylic acids is 1. The summed E-state index contributed by atoms with van der Waals surface area (Å²) in [4.78, 5) is 23.3. The zero-order valence-electron chi connectivity index (χ0n) is 16.8. The predicted molar refractivity (Wildman–Crippen MR) is 128 cm³/mol. The number of hydrogen-bond acceptors (Lipinski definition) is 3.